The molecule has 0 radical (unpaired) electrons. The van der Waals surface area contributed by atoms with Gasteiger partial charge in [0.1, 0.15) is 9.34 Å². The van der Waals surface area contributed by atoms with Gasteiger partial charge in [-0.25, -0.2) is 4.98 Å². The second-order valence-corrected chi connectivity index (χ2v) is 6.48. The molecule has 1 unspecified atom stereocenters. The van der Waals surface area contributed by atoms with Gasteiger partial charge in [-0.15, -0.1) is 11.3 Å². The molecular formula is C9H13ClN2S2. The Morgan fingerprint density at radius 3 is 3.21 bits per heavy atom. The number of thioether (sulfide) groups is 1. The number of thiazole rings is 1. The van der Waals surface area contributed by atoms with Crippen LogP contribution in [0.4, 0.5) is 0 Å². The summed E-state index contributed by atoms with van der Waals surface area (Å²) in [6.07, 6.45) is 4.45. The highest BCUT2D eigenvalue weighted by atomic mass is 35.5. The van der Waals surface area contributed by atoms with Gasteiger partial charge in [0, 0.05) is 18.3 Å². The molecule has 1 atom stereocenters. The maximum atomic E-state index is 5.79. The molecule has 2 nitrogen and oxygen atoms in total. The topological polar surface area (TPSA) is 24.9 Å². The molecule has 1 N–H and O–H groups in total. The highest BCUT2D eigenvalue weighted by Crippen LogP contribution is 2.25. The van der Waals surface area contributed by atoms with Gasteiger partial charge in [0.05, 0.1) is 6.20 Å². The van der Waals surface area contributed by atoms with E-state index in [9.17, 15) is 0 Å². The minimum atomic E-state index is 0.775. The quantitative estimate of drug-likeness (QED) is 0.887. The van der Waals surface area contributed by atoms with Crippen LogP contribution in [0.1, 0.15) is 17.8 Å². The third kappa shape index (κ3) is 3.12. The third-order valence-electron chi connectivity index (χ3n) is 2.20. The Morgan fingerprint density at radius 1 is 1.64 bits per heavy atom. The fourth-order valence-corrected chi connectivity index (χ4v) is 3.68. The van der Waals surface area contributed by atoms with Gasteiger partial charge in [0.2, 0.25) is 0 Å². The fourth-order valence-electron chi connectivity index (χ4n) is 1.52. The second kappa shape index (κ2) is 5.35. The number of hydrogen-bond donors (Lipinski definition) is 1. The largest absolute Gasteiger partial charge is 0.309 e. The molecule has 1 saturated heterocycles. The molecule has 1 aromatic heterocycles. The van der Waals surface area contributed by atoms with Crippen molar-refractivity contribution >= 4 is 34.7 Å². The van der Waals surface area contributed by atoms with Gasteiger partial charge in [-0.2, -0.15) is 11.8 Å². The monoisotopic (exact) mass is 248 g/mol. The van der Waals surface area contributed by atoms with E-state index in [4.69, 9.17) is 11.6 Å². The lowest BCUT2D eigenvalue weighted by Crippen LogP contribution is -2.22. The number of halogens is 1. The fraction of sp³-hybridized carbons (Fsp3) is 0.667. The Hall–Kier alpha value is 0.230. The SMILES string of the molecule is Clc1cnc(CNCC2CCCS2)s1. The van der Waals surface area contributed by atoms with E-state index in [1.165, 1.54) is 18.6 Å². The maximum Gasteiger partial charge on any atom is 0.113 e. The lowest BCUT2D eigenvalue weighted by Gasteiger charge is -2.08. The lowest BCUT2D eigenvalue weighted by atomic mass is 10.2. The lowest BCUT2D eigenvalue weighted by molar-refractivity contribution is 0.644. The first-order valence-corrected chi connectivity index (χ1v) is 7.01. The molecule has 0 spiro atoms. The molecule has 1 fully saturated rings. The molecule has 1 aromatic rings. The van der Waals surface area contributed by atoms with Crippen molar-refractivity contribution in [1.82, 2.24) is 10.3 Å². The zero-order chi connectivity index (χ0) is 9.80. The number of nitrogens with one attached hydrogen (secondary N) is 1. The summed E-state index contributed by atoms with van der Waals surface area (Å²) in [5, 5.41) is 5.32. The molecule has 0 aromatic carbocycles. The number of hydrogen-bond acceptors (Lipinski definition) is 4. The van der Waals surface area contributed by atoms with Gasteiger partial charge in [0.25, 0.3) is 0 Å². The first-order valence-electron chi connectivity index (χ1n) is 4.77. The maximum absolute atomic E-state index is 5.79. The molecule has 0 aliphatic carbocycles. The molecule has 1 aliphatic rings. The number of aromatic nitrogens is 1. The van der Waals surface area contributed by atoms with Crippen molar-refractivity contribution < 1.29 is 0 Å². The van der Waals surface area contributed by atoms with Gasteiger partial charge in [0.15, 0.2) is 0 Å². The minimum Gasteiger partial charge on any atom is -0.309 e. The van der Waals surface area contributed by atoms with Crippen molar-refractivity contribution in [3.05, 3.63) is 15.5 Å². The first kappa shape index (κ1) is 10.7. The van der Waals surface area contributed by atoms with Crippen LogP contribution in [0.25, 0.3) is 0 Å². The van der Waals surface area contributed by atoms with Crippen LogP contribution < -0.4 is 5.32 Å². The van der Waals surface area contributed by atoms with E-state index in [0.29, 0.717) is 0 Å². The standard InChI is InChI=1S/C9H13ClN2S2/c10-8-5-12-9(14-8)6-11-4-7-2-1-3-13-7/h5,7,11H,1-4,6H2. The van der Waals surface area contributed by atoms with Crippen molar-refractivity contribution in [2.24, 2.45) is 0 Å². The zero-order valence-electron chi connectivity index (χ0n) is 7.83. The van der Waals surface area contributed by atoms with Crippen LogP contribution in [0, 0.1) is 0 Å². The minimum absolute atomic E-state index is 0.775. The van der Waals surface area contributed by atoms with Gasteiger partial charge in [-0.05, 0) is 18.6 Å². The summed E-state index contributed by atoms with van der Waals surface area (Å²) in [6, 6.07) is 0. The van der Waals surface area contributed by atoms with Gasteiger partial charge in [-0.1, -0.05) is 11.6 Å². The van der Waals surface area contributed by atoms with Crippen LogP contribution in [0.5, 0.6) is 0 Å². The van der Waals surface area contributed by atoms with Crippen molar-refractivity contribution in [2.75, 3.05) is 12.3 Å². The Labute approximate surface area is 97.5 Å². The molecule has 2 heterocycles. The summed E-state index contributed by atoms with van der Waals surface area (Å²) < 4.78 is 0.775. The molecule has 78 valence electrons. The molecule has 0 bridgehead atoms. The molecular weight excluding hydrogens is 236 g/mol. The van der Waals surface area contributed by atoms with Gasteiger partial charge < -0.3 is 5.32 Å². The summed E-state index contributed by atoms with van der Waals surface area (Å²) in [5.41, 5.74) is 0. The van der Waals surface area contributed by atoms with Crippen molar-refractivity contribution in [2.45, 2.75) is 24.6 Å². The molecule has 5 heteroatoms. The van der Waals surface area contributed by atoms with E-state index in [2.05, 4.69) is 22.1 Å². The molecule has 0 saturated carbocycles. The molecule has 1 aliphatic heterocycles. The summed E-state index contributed by atoms with van der Waals surface area (Å²) in [4.78, 5) is 4.20. The summed E-state index contributed by atoms with van der Waals surface area (Å²) >= 11 is 9.42. The average molecular weight is 249 g/mol. The van der Waals surface area contributed by atoms with Crippen molar-refractivity contribution in [1.29, 1.82) is 0 Å². The Kier molecular flexibility index (Phi) is 4.10. The summed E-state index contributed by atoms with van der Waals surface area (Å²) in [7, 11) is 0. The average Bonchev–Trinajstić information content (AvgIpc) is 2.77. The normalized spacial score (nSPS) is 21.6. The highest BCUT2D eigenvalue weighted by molar-refractivity contribution is 8.00. The smallest absolute Gasteiger partial charge is 0.113 e. The summed E-state index contributed by atoms with van der Waals surface area (Å²) in [6.45, 7) is 1.95. The third-order valence-corrected chi connectivity index (χ3v) is 4.71. The van der Waals surface area contributed by atoms with Crippen molar-refractivity contribution in [3.8, 4) is 0 Å². The van der Waals surface area contributed by atoms with Crippen LogP contribution in [-0.4, -0.2) is 22.5 Å². The first-order chi connectivity index (χ1) is 6.84. The van der Waals surface area contributed by atoms with Gasteiger partial charge >= 0.3 is 0 Å². The van der Waals surface area contributed by atoms with Gasteiger partial charge in [-0.3, -0.25) is 0 Å². The van der Waals surface area contributed by atoms with Crippen LogP contribution in [0.2, 0.25) is 4.34 Å². The van der Waals surface area contributed by atoms with E-state index >= 15 is 0 Å². The second-order valence-electron chi connectivity index (χ2n) is 3.32. The van der Waals surface area contributed by atoms with E-state index < -0.39 is 0 Å². The Morgan fingerprint density at radius 2 is 2.57 bits per heavy atom. The molecule has 0 amide bonds. The van der Waals surface area contributed by atoms with Crippen LogP contribution >= 0.6 is 34.7 Å². The van der Waals surface area contributed by atoms with E-state index in [0.717, 1.165) is 27.7 Å². The Bertz CT molecular complexity index is 284. The zero-order valence-corrected chi connectivity index (χ0v) is 10.2. The Balaban J connectivity index is 1.67. The highest BCUT2D eigenvalue weighted by Gasteiger charge is 2.14. The predicted molar refractivity (Wildman–Crippen MR) is 64.3 cm³/mol. The van der Waals surface area contributed by atoms with Crippen LogP contribution in [0.15, 0.2) is 6.20 Å². The van der Waals surface area contributed by atoms with E-state index in [1.54, 1.807) is 17.5 Å². The van der Waals surface area contributed by atoms with E-state index in [-0.39, 0.29) is 0 Å². The molecule has 14 heavy (non-hydrogen) atoms. The van der Waals surface area contributed by atoms with Crippen molar-refractivity contribution in [3.63, 3.8) is 0 Å². The van der Waals surface area contributed by atoms with Crippen LogP contribution in [0.3, 0.4) is 0 Å². The molecule has 2 rings (SSSR count). The van der Waals surface area contributed by atoms with E-state index in [1.807, 2.05) is 0 Å². The summed E-state index contributed by atoms with van der Waals surface area (Å²) in [5.74, 6) is 1.33. The predicted octanol–water partition coefficient (Wildman–Crippen LogP) is 2.78. The number of rotatable bonds is 4. The van der Waals surface area contributed by atoms with Crippen LogP contribution in [-0.2, 0) is 6.54 Å². The number of nitrogens with zero attached hydrogens (tertiary/aromatic N) is 1.